The molecule has 0 saturated carbocycles. The number of amides is 1. The molecule has 1 amide bonds. The van der Waals surface area contributed by atoms with Crippen molar-refractivity contribution in [3.63, 3.8) is 0 Å². The Balaban J connectivity index is 1.97. The molecule has 1 N–H and O–H groups in total. The van der Waals surface area contributed by atoms with E-state index in [1.54, 1.807) is 0 Å². The first-order chi connectivity index (χ1) is 10.9. The fourth-order valence-corrected chi connectivity index (χ4v) is 2.31. The van der Waals surface area contributed by atoms with Gasteiger partial charge in [-0.05, 0) is 6.07 Å². The van der Waals surface area contributed by atoms with Crippen LogP contribution in [-0.4, -0.2) is 49.7 Å². The monoisotopic (exact) mass is 330 g/mol. The molecule has 10 heteroatoms. The Morgan fingerprint density at radius 3 is 2.61 bits per heavy atom. The molecule has 0 aromatic carbocycles. The van der Waals surface area contributed by atoms with Crippen molar-refractivity contribution in [3.8, 4) is 0 Å². The summed E-state index contributed by atoms with van der Waals surface area (Å²) >= 11 is 0. The van der Waals surface area contributed by atoms with Crippen molar-refractivity contribution < 1.29 is 27.4 Å². The number of anilines is 1. The predicted octanol–water partition coefficient (Wildman–Crippen LogP) is 1.38. The Bertz CT molecular complexity index is 642. The van der Waals surface area contributed by atoms with Crippen LogP contribution in [0.4, 0.5) is 23.8 Å². The van der Waals surface area contributed by atoms with Gasteiger partial charge in [0.15, 0.2) is 0 Å². The first-order valence-electron chi connectivity index (χ1n) is 6.85. The molecule has 1 saturated heterocycles. The first kappa shape index (κ1) is 15.5. The number of hydrogen-bond donors (Lipinski definition) is 1. The van der Waals surface area contributed by atoms with Crippen LogP contribution < -0.4 is 10.3 Å². The van der Waals surface area contributed by atoms with Gasteiger partial charge < -0.3 is 14.4 Å². The number of alkyl halides is 3. The van der Waals surface area contributed by atoms with Crippen LogP contribution in [0.3, 0.4) is 0 Å². The lowest BCUT2D eigenvalue weighted by Crippen LogP contribution is -2.38. The van der Waals surface area contributed by atoms with Crippen LogP contribution in [-0.2, 0) is 15.7 Å². The smallest absolute Gasteiger partial charge is 0.428 e. The number of nitrogens with zero attached hydrogens (tertiary/aromatic N) is 3. The molecule has 0 unspecified atom stereocenters. The third-order valence-electron chi connectivity index (χ3n) is 3.44. The molecule has 3 heterocycles. The molecule has 0 atom stereocenters. The van der Waals surface area contributed by atoms with E-state index in [0.717, 1.165) is 6.07 Å². The van der Waals surface area contributed by atoms with Gasteiger partial charge in [0.2, 0.25) is 0 Å². The van der Waals surface area contributed by atoms with Gasteiger partial charge in [-0.15, -0.1) is 0 Å². The maximum absolute atomic E-state index is 13.4. The van der Waals surface area contributed by atoms with Gasteiger partial charge in [-0.1, -0.05) is 0 Å². The molecule has 124 valence electrons. The summed E-state index contributed by atoms with van der Waals surface area (Å²) in [7, 11) is 0. The lowest BCUT2D eigenvalue weighted by atomic mass is 10.1. The summed E-state index contributed by atoms with van der Waals surface area (Å²) < 4.78 is 50.0. The molecule has 0 spiro atoms. The highest BCUT2D eigenvalue weighted by Gasteiger charge is 2.37. The summed E-state index contributed by atoms with van der Waals surface area (Å²) in [5, 5.41) is 3.70. The molecular weight excluding hydrogens is 317 g/mol. The van der Waals surface area contributed by atoms with Crippen molar-refractivity contribution in [1.29, 1.82) is 0 Å². The second-order valence-electron chi connectivity index (χ2n) is 4.94. The van der Waals surface area contributed by atoms with Gasteiger partial charge in [-0.25, -0.2) is 15.2 Å². The standard InChI is InChI=1S/C13H13F3N4O3/c14-13(15,16)9-5-8(10-7-23-12(21)19-18-10)6-17-11(9)20-1-3-22-4-2-20/h5-6H,1-4,7H2,(H,19,21). The zero-order chi connectivity index (χ0) is 16.4. The van der Waals surface area contributed by atoms with Crippen LogP contribution in [0.15, 0.2) is 17.4 Å². The number of morpholine rings is 1. The number of halogens is 3. The van der Waals surface area contributed by atoms with E-state index in [1.807, 2.05) is 0 Å². The number of cyclic esters (lactones) is 1. The lowest BCUT2D eigenvalue weighted by Gasteiger charge is -2.30. The number of ether oxygens (including phenoxy) is 2. The molecule has 23 heavy (non-hydrogen) atoms. The predicted molar refractivity (Wildman–Crippen MR) is 73.3 cm³/mol. The van der Waals surface area contributed by atoms with Crippen molar-refractivity contribution in [2.24, 2.45) is 5.10 Å². The minimum atomic E-state index is -4.56. The highest BCUT2D eigenvalue weighted by Crippen LogP contribution is 2.36. The van der Waals surface area contributed by atoms with E-state index in [9.17, 15) is 18.0 Å². The number of pyridine rings is 1. The Kier molecular flexibility index (Phi) is 4.07. The van der Waals surface area contributed by atoms with Gasteiger partial charge in [-0.2, -0.15) is 18.3 Å². The van der Waals surface area contributed by atoms with E-state index in [0.29, 0.717) is 26.3 Å². The lowest BCUT2D eigenvalue weighted by molar-refractivity contribution is -0.137. The second-order valence-corrected chi connectivity index (χ2v) is 4.94. The second kappa shape index (κ2) is 6.03. The van der Waals surface area contributed by atoms with E-state index in [4.69, 9.17) is 9.47 Å². The Morgan fingerprint density at radius 2 is 2.00 bits per heavy atom. The van der Waals surface area contributed by atoms with E-state index in [-0.39, 0.29) is 23.7 Å². The zero-order valence-electron chi connectivity index (χ0n) is 11.9. The van der Waals surface area contributed by atoms with Crippen LogP contribution in [0, 0.1) is 0 Å². The van der Waals surface area contributed by atoms with Crippen molar-refractivity contribution in [2.45, 2.75) is 6.18 Å². The average Bonchev–Trinajstić information content (AvgIpc) is 2.55. The highest BCUT2D eigenvalue weighted by atomic mass is 19.4. The number of nitrogens with one attached hydrogen (secondary N) is 1. The number of carbonyl (C=O) groups is 1. The Morgan fingerprint density at radius 1 is 1.26 bits per heavy atom. The van der Waals surface area contributed by atoms with Crippen LogP contribution in [0.1, 0.15) is 11.1 Å². The van der Waals surface area contributed by atoms with Crippen molar-refractivity contribution in [3.05, 3.63) is 23.4 Å². The number of hydrazone groups is 1. The van der Waals surface area contributed by atoms with E-state index >= 15 is 0 Å². The number of carbonyl (C=O) groups excluding carboxylic acids is 1. The quantitative estimate of drug-likeness (QED) is 0.887. The SMILES string of the molecule is O=C1NN=C(c2cnc(N3CCOCC3)c(C(F)(F)F)c2)CO1. The normalized spacial score (nSPS) is 19.0. The summed E-state index contributed by atoms with van der Waals surface area (Å²) in [6.45, 7) is 1.19. The third kappa shape index (κ3) is 3.36. The van der Waals surface area contributed by atoms with E-state index in [2.05, 4.69) is 15.5 Å². The summed E-state index contributed by atoms with van der Waals surface area (Å²) in [5.41, 5.74) is 1.53. The summed E-state index contributed by atoms with van der Waals surface area (Å²) in [4.78, 5) is 16.4. The van der Waals surface area contributed by atoms with Crippen LogP contribution >= 0.6 is 0 Å². The fraction of sp³-hybridized carbons (Fsp3) is 0.462. The average molecular weight is 330 g/mol. The van der Waals surface area contributed by atoms with Gasteiger partial charge in [0.05, 0.1) is 18.8 Å². The molecule has 2 aliphatic rings. The fourth-order valence-electron chi connectivity index (χ4n) is 2.31. The molecule has 0 aliphatic carbocycles. The van der Waals surface area contributed by atoms with Crippen LogP contribution in [0.5, 0.6) is 0 Å². The summed E-state index contributed by atoms with van der Waals surface area (Å²) in [6.07, 6.45) is -4.02. The minimum absolute atomic E-state index is 0.133. The first-order valence-corrected chi connectivity index (χ1v) is 6.85. The molecule has 1 fully saturated rings. The van der Waals surface area contributed by atoms with E-state index < -0.39 is 17.8 Å². The van der Waals surface area contributed by atoms with Crippen molar-refractivity contribution >= 4 is 17.6 Å². The minimum Gasteiger partial charge on any atom is -0.442 e. The molecule has 3 rings (SSSR count). The molecular formula is C13H13F3N4O3. The highest BCUT2D eigenvalue weighted by molar-refractivity contribution is 6.03. The third-order valence-corrected chi connectivity index (χ3v) is 3.44. The Hall–Kier alpha value is -2.36. The molecule has 0 bridgehead atoms. The van der Waals surface area contributed by atoms with Crippen LogP contribution in [0.25, 0.3) is 0 Å². The van der Waals surface area contributed by atoms with Crippen molar-refractivity contribution in [1.82, 2.24) is 10.4 Å². The maximum Gasteiger partial charge on any atom is 0.428 e. The maximum atomic E-state index is 13.4. The van der Waals surface area contributed by atoms with Gasteiger partial charge in [-0.3, -0.25) is 0 Å². The van der Waals surface area contributed by atoms with Gasteiger partial charge >= 0.3 is 12.3 Å². The van der Waals surface area contributed by atoms with E-state index in [1.165, 1.54) is 11.1 Å². The molecule has 0 radical (unpaired) electrons. The van der Waals surface area contributed by atoms with Gasteiger partial charge in [0.1, 0.15) is 18.1 Å². The zero-order valence-corrected chi connectivity index (χ0v) is 11.9. The molecule has 2 aliphatic heterocycles. The largest absolute Gasteiger partial charge is 0.442 e. The Labute approximate surface area is 129 Å². The molecule has 1 aromatic heterocycles. The van der Waals surface area contributed by atoms with Crippen molar-refractivity contribution in [2.75, 3.05) is 37.8 Å². The topological polar surface area (TPSA) is 76.1 Å². The summed E-state index contributed by atoms with van der Waals surface area (Å²) in [5.74, 6) is -0.133. The number of rotatable bonds is 2. The summed E-state index contributed by atoms with van der Waals surface area (Å²) in [6, 6.07) is 0.970. The molecule has 1 aromatic rings. The van der Waals surface area contributed by atoms with Gasteiger partial charge in [0.25, 0.3) is 0 Å². The number of hydrogen-bond acceptors (Lipinski definition) is 6. The van der Waals surface area contributed by atoms with Crippen LogP contribution in [0.2, 0.25) is 0 Å². The van der Waals surface area contributed by atoms with Gasteiger partial charge in [0, 0.05) is 24.8 Å². The number of aromatic nitrogens is 1. The molecule has 7 nitrogen and oxygen atoms in total.